The van der Waals surface area contributed by atoms with Crippen molar-refractivity contribution in [1.82, 2.24) is 9.29 Å². The number of rotatable bonds is 5. The molecule has 1 saturated heterocycles. The zero-order chi connectivity index (χ0) is 21.2. The summed E-state index contributed by atoms with van der Waals surface area (Å²) in [7, 11) is -7.78. The van der Waals surface area contributed by atoms with Gasteiger partial charge < -0.3 is 5.32 Å². The summed E-state index contributed by atoms with van der Waals surface area (Å²) in [5.74, 6) is -0.370. The molecule has 2 aromatic rings. The summed E-state index contributed by atoms with van der Waals surface area (Å²) in [5, 5.41) is 7.78. The standard InChI is InChI=1S/C18H22N4O5S2/c1-13-4-2-6-17(20-13)21-18(23)14-5-3-11-22(12-14)29(26,27)16-9-7-15(8-10-16)28(19,24)25/h2,4,6-10,14H,3,5,11-12H2,1H3,(H2,19,24,25)(H,20,21,23). The Kier molecular flexibility index (Phi) is 6.03. The molecule has 1 amide bonds. The SMILES string of the molecule is Cc1cccc(NC(=O)C2CCCN(S(=O)(=O)c3ccc(S(N)(=O)=O)cc3)C2)n1. The second kappa shape index (κ2) is 8.19. The lowest BCUT2D eigenvalue weighted by atomic mass is 9.99. The van der Waals surface area contributed by atoms with E-state index >= 15 is 0 Å². The number of hydrogen-bond acceptors (Lipinski definition) is 6. The van der Waals surface area contributed by atoms with Gasteiger partial charge in [0.2, 0.25) is 26.0 Å². The summed E-state index contributed by atoms with van der Waals surface area (Å²) < 4.78 is 49.8. The molecular formula is C18H22N4O5S2. The number of hydrogen-bond donors (Lipinski definition) is 2. The Morgan fingerprint density at radius 1 is 1.10 bits per heavy atom. The largest absolute Gasteiger partial charge is 0.310 e. The maximum atomic E-state index is 12.9. The fourth-order valence-corrected chi connectivity index (χ4v) is 5.21. The number of benzene rings is 1. The number of nitrogens with zero attached hydrogens (tertiary/aromatic N) is 2. The van der Waals surface area contributed by atoms with E-state index in [9.17, 15) is 21.6 Å². The third-order valence-electron chi connectivity index (χ3n) is 4.68. The minimum absolute atomic E-state index is 0.0386. The van der Waals surface area contributed by atoms with E-state index < -0.39 is 26.0 Å². The maximum absolute atomic E-state index is 12.9. The second-order valence-corrected chi connectivity index (χ2v) is 10.4. The Morgan fingerprint density at radius 3 is 2.38 bits per heavy atom. The highest BCUT2D eigenvalue weighted by molar-refractivity contribution is 7.89. The van der Waals surface area contributed by atoms with Crippen LogP contribution in [0.3, 0.4) is 0 Å². The molecule has 1 atom stereocenters. The van der Waals surface area contributed by atoms with Gasteiger partial charge in [-0.25, -0.2) is 27.0 Å². The van der Waals surface area contributed by atoms with Crippen LogP contribution in [-0.4, -0.2) is 45.1 Å². The highest BCUT2D eigenvalue weighted by Gasteiger charge is 2.33. The van der Waals surface area contributed by atoms with Crippen molar-refractivity contribution in [2.45, 2.75) is 29.6 Å². The number of piperidine rings is 1. The number of amides is 1. The van der Waals surface area contributed by atoms with Crippen LogP contribution in [0.1, 0.15) is 18.5 Å². The van der Waals surface area contributed by atoms with Crippen LogP contribution >= 0.6 is 0 Å². The molecule has 2 heterocycles. The number of anilines is 1. The minimum Gasteiger partial charge on any atom is -0.310 e. The molecule has 0 radical (unpaired) electrons. The van der Waals surface area contributed by atoms with Gasteiger partial charge in [0.15, 0.2) is 0 Å². The van der Waals surface area contributed by atoms with Crippen molar-refractivity contribution < 1.29 is 21.6 Å². The van der Waals surface area contributed by atoms with E-state index in [1.54, 1.807) is 12.1 Å². The Bertz CT molecular complexity index is 1120. The zero-order valence-electron chi connectivity index (χ0n) is 15.8. The predicted molar refractivity (Wildman–Crippen MR) is 107 cm³/mol. The molecule has 1 aromatic heterocycles. The van der Waals surface area contributed by atoms with Crippen molar-refractivity contribution >= 4 is 31.8 Å². The van der Waals surface area contributed by atoms with Gasteiger partial charge in [0.05, 0.1) is 15.7 Å². The quantitative estimate of drug-likeness (QED) is 0.716. The van der Waals surface area contributed by atoms with E-state index in [-0.39, 0.29) is 28.8 Å². The van der Waals surface area contributed by atoms with E-state index in [1.165, 1.54) is 16.4 Å². The van der Waals surface area contributed by atoms with Crippen LogP contribution in [0.2, 0.25) is 0 Å². The molecule has 156 valence electrons. The number of carbonyl (C=O) groups excluding carboxylic acids is 1. The van der Waals surface area contributed by atoms with Crippen molar-refractivity contribution in [2.24, 2.45) is 11.1 Å². The van der Waals surface area contributed by atoms with Crippen molar-refractivity contribution in [3.8, 4) is 0 Å². The molecule has 3 N–H and O–H groups in total. The third-order valence-corrected chi connectivity index (χ3v) is 7.49. The molecule has 1 fully saturated rings. The average molecular weight is 439 g/mol. The predicted octanol–water partition coefficient (Wildman–Crippen LogP) is 1.08. The van der Waals surface area contributed by atoms with Crippen LogP contribution in [0.15, 0.2) is 52.3 Å². The maximum Gasteiger partial charge on any atom is 0.243 e. The first-order valence-electron chi connectivity index (χ1n) is 8.95. The average Bonchev–Trinajstić information content (AvgIpc) is 2.67. The molecular weight excluding hydrogens is 416 g/mol. The number of primary sulfonamides is 1. The molecule has 0 aliphatic carbocycles. The van der Waals surface area contributed by atoms with E-state index in [0.29, 0.717) is 18.7 Å². The number of nitrogens with two attached hydrogens (primary N) is 1. The zero-order valence-corrected chi connectivity index (χ0v) is 17.4. The molecule has 1 aliphatic heterocycles. The Morgan fingerprint density at radius 2 is 1.76 bits per heavy atom. The van der Waals surface area contributed by atoms with Gasteiger partial charge in [-0.15, -0.1) is 0 Å². The molecule has 0 spiro atoms. The van der Waals surface area contributed by atoms with E-state index in [1.807, 2.05) is 13.0 Å². The van der Waals surface area contributed by atoms with Crippen LogP contribution < -0.4 is 10.5 Å². The van der Waals surface area contributed by atoms with Gasteiger partial charge in [-0.2, -0.15) is 4.31 Å². The van der Waals surface area contributed by atoms with Crippen molar-refractivity contribution in [3.05, 3.63) is 48.2 Å². The lowest BCUT2D eigenvalue weighted by Gasteiger charge is -2.31. The monoisotopic (exact) mass is 438 g/mol. The molecule has 0 bridgehead atoms. The lowest BCUT2D eigenvalue weighted by molar-refractivity contribution is -0.120. The van der Waals surface area contributed by atoms with E-state index in [2.05, 4.69) is 10.3 Å². The molecule has 11 heteroatoms. The number of aryl methyl sites for hydroxylation is 1. The van der Waals surface area contributed by atoms with Crippen molar-refractivity contribution in [1.29, 1.82) is 0 Å². The number of nitrogens with one attached hydrogen (secondary N) is 1. The van der Waals surface area contributed by atoms with Crippen LogP contribution in [0.4, 0.5) is 5.82 Å². The molecule has 3 rings (SSSR count). The Labute approximate surface area is 170 Å². The lowest BCUT2D eigenvalue weighted by Crippen LogP contribution is -2.43. The first-order valence-corrected chi connectivity index (χ1v) is 11.9. The summed E-state index contributed by atoms with van der Waals surface area (Å²) in [4.78, 5) is 16.6. The fourth-order valence-electron chi connectivity index (χ4n) is 3.17. The molecule has 0 saturated carbocycles. The van der Waals surface area contributed by atoms with E-state index in [0.717, 1.165) is 17.8 Å². The number of aromatic nitrogens is 1. The van der Waals surface area contributed by atoms with Gasteiger partial charge in [-0.3, -0.25) is 4.79 Å². The summed E-state index contributed by atoms with van der Waals surface area (Å²) >= 11 is 0. The van der Waals surface area contributed by atoms with Gasteiger partial charge in [-0.1, -0.05) is 6.07 Å². The molecule has 1 aliphatic rings. The number of sulfonamides is 2. The van der Waals surface area contributed by atoms with E-state index in [4.69, 9.17) is 5.14 Å². The highest BCUT2D eigenvalue weighted by atomic mass is 32.2. The molecule has 1 aromatic carbocycles. The first-order chi connectivity index (χ1) is 13.6. The first kappa shape index (κ1) is 21.4. The normalized spacial score (nSPS) is 18.3. The Balaban J connectivity index is 1.74. The summed E-state index contributed by atoms with van der Waals surface area (Å²) in [6, 6.07) is 9.98. The fraction of sp³-hybridized carbons (Fsp3) is 0.333. The summed E-state index contributed by atoms with van der Waals surface area (Å²) in [6.45, 7) is 2.13. The molecule has 1 unspecified atom stereocenters. The van der Waals surface area contributed by atoms with Gasteiger partial charge in [0.1, 0.15) is 5.82 Å². The topological polar surface area (TPSA) is 140 Å². The molecule has 29 heavy (non-hydrogen) atoms. The van der Waals surface area contributed by atoms with Crippen molar-refractivity contribution in [3.63, 3.8) is 0 Å². The van der Waals surface area contributed by atoms with Gasteiger partial charge in [0, 0.05) is 18.8 Å². The highest BCUT2D eigenvalue weighted by Crippen LogP contribution is 2.25. The van der Waals surface area contributed by atoms with Gasteiger partial charge >= 0.3 is 0 Å². The number of carbonyl (C=O) groups is 1. The van der Waals surface area contributed by atoms with Crippen LogP contribution in [0, 0.1) is 12.8 Å². The third kappa shape index (κ3) is 4.99. The smallest absolute Gasteiger partial charge is 0.243 e. The molecule has 9 nitrogen and oxygen atoms in total. The van der Waals surface area contributed by atoms with Crippen LogP contribution in [0.5, 0.6) is 0 Å². The van der Waals surface area contributed by atoms with Crippen LogP contribution in [0.25, 0.3) is 0 Å². The minimum atomic E-state index is -3.91. The Hall–Kier alpha value is -2.34. The number of pyridine rings is 1. The van der Waals surface area contributed by atoms with Gasteiger partial charge in [0.25, 0.3) is 0 Å². The second-order valence-electron chi connectivity index (χ2n) is 6.87. The van der Waals surface area contributed by atoms with Crippen LogP contribution in [-0.2, 0) is 24.8 Å². The van der Waals surface area contributed by atoms with Gasteiger partial charge in [-0.05, 0) is 56.2 Å². The summed E-state index contributed by atoms with van der Waals surface area (Å²) in [6.07, 6.45) is 1.10. The van der Waals surface area contributed by atoms with Crippen molar-refractivity contribution in [2.75, 3.05) is 18.4 Å². The summed E-state index contributed by atoms with van der Waals surface area (Å²) in [5.41, 5.74) is 0.763.